The van der Waals surface area contributed by atoms with Crippen LogP contribution in [0.25, 0.3) is 0 Å². The van der Waals surface area contributed by atoms with Gasteiger partial charge >= 0.3 is 6.03 Å². The third-order valence-corrected chi connectivity index (χ3v) is 3.74. The Kier molecular flexibility index (Phi) is 5.83. The molecule has 1 atom stereocenters. The average molecular weight is 333 g/mol. The summed E-state index contributed by atoms with van der Waals surface area (Å²) in [6.07, 6.45) is 2.18. The third-order valence-electron chi connectivity index (χ3n) is 3.74. The van der Waals surface area contributed by atoms with E-state index in [1.165, 1.54) is 0 Å². The van der Waals surface area contributed by atoms with Gasteiger partial charge in [0.25, 0.3) is 5.91 Å². The van der Waals surface area contributed by atoms with Crippen molar-refractivity contribution < 1.29 is 14.3 Å². The van der Waals surface area contributed by atoms with Crippen LogP contribution >= 0.6 is 0 Å². The number of carbonyl (C=O) groups is 2. The van der Waals surface area contributed by atoms with Crippen LogP contribution in [0.15, 0.2) is 24.3 Å². The molecule has 1 aliphatic heterocycles. The second-order valence-corrected chi connectivity index (χ2v) is 7.23. The zero-order chi connectivity index (χ0) is 17.7. The molecule has 24 heavy (non-hydrogen) atoms. The van der Waals surface area contributed by atoms with E-state index < -0.39 is 0 Å². The zero-order valence-electron chi connectivity index (χ0n) is 14.9. The Morgan fingerprint density at radius 3 is 2.46 bits per heavy atom. The summed E-state index contributed by atoms with van der Waals surface area (Å²) in [5, 5.41) is 5.74. The fraction of sp³-hybridized carbons (Fsp3) is 0.556. The van der Waals surface area contributed by atoms with E-state index in [4.69, 9.17) is 4.74 Å². The predicted octanol–water partition coefficient (Wildman–Crippen LogP) is 2.86. The number of rotatable bonds is 4. The van der Waals surface area contributed by atoms with Crippen LogP contribution in [0.1, 0.15) is 44.0 Å². The largest absolute Gasteiger partial charge is 0.376 e. The van der Waals surface area contributed by atoms with Crippen LogP contribution in [0.4, 0.5) is 10.5 Å². The van der Waals surface area contributed by atoms with Crippen molar-refractivity contribution in [2.45, 2.75) is 45.3 Å². The molecular formula is C18H27N3O3. The Morgan fingerprint density at radius 2 is 1.92 bits per heavy atom. The van der Waals surface area contributed by atoms with Crippen LogP contribution in [-0.2, 0) is 4.74 Å². The van der Waals surface area contributed by atoms with E-state index in [1.54, 1.807) is 36.2 Å². The summed E-state index contributed by atoms with van der Waals surface area (Å²) >= 11 is 0. The summed E-state index contributed by atoms with van der Waals surface area (Å²) in [6, 6.07) is 6.69. The minimum Gasteiger partial charge on any atom is -0.376 e. The molecule has 1 heterocycles. The molecule has 1 saturated heterocycles. The van der Waals surface area contributed by atoms with E-state index in [2.05, 4.69) is 10.6 Å². The summed E-state index contributed by atoms with van der Waals surface area (Å²) in [4.78, 5) is 25.9. The first-order valence-corrected chi connectivity index (χ1v) is 8.31. The number of benzene rings is 1. The molecule has 1 aromatic carbocycles. The number of amides is 3. The van der Waals surface area contributed by atoms with Gasteiger partial charge in [-0.1, -0.05) is 0 Å². The Hall–Kier alpha value is -2.08. The second kappa shape index (κ2) is 7.66. The van der Waals surface area contributed by atoms with Crippen LogP contribution < -0.4 is 10.6 Å². The maximum atomic E-state index is 12.2. The van der Waals surface area contributed by atoms with Crippen molar-refractivity contribution in [2.75, 3.05) is 25.5 Å². The number of urea groups is 1. The number of hydrogen-bond acceptors (Lipinski definition) is 3. The summed E-state index contributed by atoms with van der Waals surface area (Å²) in [7, 11) is 1.75. The molecule has 6 nitrogen and oxygen atoms in total. The van der Waals surface area contributed by atoms with Gasteiger partial charge in [-0.3, -0.25) is 4.79 Å². The molecule has 1 aromatic rings. The van der Waals surface area contributed by atoms with Crippen molar-refractivity contribution in [3.63, 3.8) is 0 Å². The van der Waals surface area contributed by atoms with Gasteiger partial charge in [-0.2, -0.15) is 0 Å². The number of nitrogens with zero attached hydrogens (tertiary/aromatic N) is 1. The summed E-state index contributed by atoms with van der Waals surface area (Å²) in [6.45, 7) is 7.16. The monoisotopic (exact) mass is 333 g/mol. The molecule has 0 saturated carbocycles. The van der Waals surface area contributed by atoms with Crippen molar-refractivity contribution >= 4 is 17.6 Å². The maximum absolute atomic E-state index is 12.2. The van der Waals surface area contributed by atoms with Gasteiger partial charge in [0.05, 0.1) is 6.10 Å². The molecule has 0 bridgehead atoms. The fourth-order valence-electron chi connectivity index (χ4n) is 2.51. The highest BCUT2D eigenvalue weighted by atomic mass is 16.5. The van der Waals surface area contributed by atoms with E-state index in [0.29, 0.717) is 17.8 Å². The molecule has 0 aliphatic carbocycles. The molecule has 6 heteroatoms. The lowest BCUT2D eigenvalue weighted by molar-refractivity contribution is 0.0894. The third kappa shape index (κ3) is 5.53. The van der Waals surface area contributed by atoms with Crippen LogP contribution in [0.3, 0.4) is 0 Å². The standard InChI is InChI=1S/C18H27N3O3/c1-18(2,3)20-16(22)13-7-9-14(10-8-13)19-17(23)21(4)12-15-6-5-11-24-15/h7-10,15H,5-6,11-12H2,1-4H3,(H,19,23)(H,20,22). The van der Waals surface area contributed by atoms with Crippen molar-refractivity contribution in [3.8, 4) is 0 Å². The fourth-order valence-corrected chi connectivity index (χ4v) is 2.51. The van der Waals surface area contributed by atoms with Crippen LogP contribution in [0.2, 0.25) is 0 Å². The maximum Gasteiger partial charge on any atom is 0.321 e. The smallest absolute Gasteiger partial charge is 0.321 e. The summed E-state index contributed by atoms with van der Waals surface area (Å²) in [5.41, 5.74) is 0.941. The molecule has 1 aliphatic rings. The SMILES string of the molecule is CN(CC1CCCO1)C(=O)Nc1ccc(C(=O)NC(C)(C)C)cc1. The Balaban J connectivity index is 1.88. The van der Waals surface area contributed by atoms with E-state index >= 15 is 0 Å². The number of anilines is 1. The van der Waals surface area contributed by atoms with Gasteiger partial charge in [-0.15, -0.1) is 0 Å². The van der Waals surface area contributed by atoms with Gasteiger partial charge in [-0.05, 0) is 57.9 Å². The van der Waals surface area contributed by atoms with Crippen LogP contribution in [-0.4, -0.2) is 48.7 Å². The minimum absolute atomic E-state index is 0.129. The Morgan fingerprint density at radius 1 is 1.25 bits per heavy atom. The molecule has 1 unspecified atom stereocenters. The van der Waals surface area contributed by atoms with Gasteiger partial charge in [0.2, 0.25) is 0 Å². The Labute approximate surface area is 143 Å². The van der Waals surface area contributed by atoms with Gasteiger partial charge in [0, 0.05) is 37.0 Å². The molecule has 0 spiro atoms. The van der Waals surface area contributed by atoms with Crippen molar-refractivity contribution in [1.29, 1.82) is 0 Å². The highest BCUT2D eigenvalue weighted by molar-refractivity contribution is 5.95. The first-order chi connectivity index (χ1) is 11.2. The zero-order valence-corrected chi connectivity index (χ0v) is 14.9. The second-order valence-electron chi connectivity index (χ2n) is 7.23. The lowest BCUT2D eigenvalue weighted by Gasteiger charge is -2.22. The molecular weight excluding hydrogens is 306 g/mol. The quantitative estimate of drug-likeness (QED) is 0.890. The molecule has 2 rings (SSSR count). The molecule has 0 radical (unpaired) electrons. The van der Waals surface area contributed by atoms with Crippen LogP contribution in [0, 0.1) is 0 Å². The Bertz CT molecular complexity index is 572. The number of hydrogen-bond donors (Lipinski definition) is 2. The molecule has 3 amide bonds. The van der Waals surface area contributed by atoms with Gasteiger partial charge in [0.15, 0.2) is 0 Å². The lowest BCUT2D eigenvalue weighted by Crippen LogP contribution is -2.40. The van der Waals surface area contributed by atoms with E-state index in [-0.39, 0.29) is 23.6 Å². The van der Waals surface area contributed by atoms with Gasteiger partial charge in [-0.25, -0.2) is 4.79 Å². The number of likely N-dealkylation sites (N-methyl/N-ethyl adjacent to an activating group) is 1. The molecule has 132 valence electrons. The first-order valence-electron chi connectivity index (χ1n) is 8.31. The normalized spacial score (nSPS) is 17.4. The lowest BCUT2D eigenvalue weighted by atomic mass is 10.1. The highest BCUT2D eigenvalue weighted by Crippen LogP contribution is 2.14. The first kappa shape index (κ1) is 18.3. The number of ether oxygens (including phenoxy) is 1. The summed E-state index contributed by atoms with van der Waals surface area (Å²) in [5.74, 6) is -0.129. The average Bonchev–Trinajstić information content (AvgIpc) is 2.99. The highest BCUT2D eigenvalue weighted by Gasteiger charge is 2.20. The van der Waals surface area contributed by atoms with Crippen molar-refractivity contribution in [2.24, 2.45) is 0 Å². The van der Waals surface area contributed by atoms with E-state index in [1.807, 2.05) is 20.8 Å². The minimum atomic E-state index is -0.283. The van der Waals surface area contributed by atoms with Crippen LogP contribution in [0.5, 0.6) is 0 Å². The van der Waals surface area contributed by atoms with Gasteiger partial charge < -0.3 is 20.3 Å². The summed E-state index contributed by atoms with van der Waals surface area (Å²) < 4.78 is 5.54. The van der Waals surface area contributed by atoms with E-state index in [0.717, 1.165) is 19.4 Å². The molecule has 1 fully saturated rings. The topological polar surface area (TPSA) is 70.7 Å². The number of nitrogens with one attached hydrogen (secondary N) is 2. The predicted molar refractivity (Wildman–Crippen MR) is 94.3 cm³/mol. The van der Waals surface area contributed by atoms with Crippen molar-refractivity contribution in [1.82, 2.24) is 10.2 Å². The van der Waals surface area contributed by atoms with Gasteiger partial charge in [0.1, 0.15) is 0 Å². The van der Waals surface area contributed by atoms with E-state index in [9.17, 15) is 9.59 Å². The van der Waals surface area contributed by atoms with Crippen molar-refractivity contribution in [3.05, 3.63) is 29.8 Å². The molecule has 0 aromatic heterocycles. The number of carbonyl (C=O) groups excluding carboxylic acids is 2. The molecule has 2 N–H and O–H groups in total.